The normalized spacial score (nSPS) is 12.7. The minimum atomic E-state index is -0.312. The van der Waals surface area contributed by atoms with Crippen LogP contribution in [0.1, 0.15) is 30.0 Å². The van der Waals surface area contributed by atoms with Crippen molar-refractivity contribution in [2.45, 2.75) is 26.3 Å². The lowest BCUT2D eigenvalue weighted by Gasteiger charge is -2.18. The molecule has 0 bridgehead atoms. The van der Waals surface area contributed by atoms with Gasteiger partial charge in [0.05, 0.1) is 28.1 Å². The van der Waals surface area contributed by atoms with Crippen molar-refractivity contribution in [3.63, 3.8) is 0 Å². The molecule has 0 aliphatic heterocycles. The van der Waals surface area contributed by atoms with Crippen LogP contribution in [0.4, 0.5) is 4.39 Å². The maximum Gasteiger partial charge on any atom is 0.146 e. The second-order valence-corrected chi connectivity index (χ2v) is 5.03. The molecular formula is C14H18ClFN4. The highest BCUT2D eigenvalue weighted by Crippen LogP contribution is 2.25. The van der Waals surface area contributed by atoms with Crippen molar-refractivity contribution in [2.75, 3.05) is 6.54 Å². The number of aromatic nitrogens is 3. The summed E-state index contributed by atoms with van der Waals surface area (Å²) < 4.78 is 15.7. The molecule has 2 aromatic heterocycles. The Balaban J connectivity index is 2.33. The molecule has 0 spiro atoms. The molecule has 1 N–H and O–H groups in total. The van der Waals surface area contributed by atoms with Gasteiger partial charge in [-0.2, -0.15) is 5.10 Å². The van der Waals surface area contributed by atoms with Gasteiger partial charge in [0.25, 0.3) is 0 Å². The zero-order valence-electron chi connectivity index (χ0n) is 11.8. The van der Waals surface area contributed by atoms with E-state index in [2.05, 4.69) is 15.4 Å². The third-order valence-electron chi connectivity index (χ3n) is 3.23. The molecule has 2 rings (SSSR count). The monoisotopic (exact) mass is 296 g/mol. The molecule has 0 fully saturated rings. The molecule has 2 aromatic rings. The highest BCUT2D eigenvalue weighted by molar-refractivity contribution is 6.31. The minimum Gasteiger partial charge on any atom is -0.308 e. The molecular weight excluding hydrogens is 279 g/mol. The number of pyridine rings is 1. The van der Waals surface area contributed by atoms with Gasteiger partial charge in [0.15, 0.2) is 0 Å². The first-order chi connectivity index (χ1) is 9.54. The molecule has 2 heterocycles. The van der Waals surface area contributed by atoms with Gasteiger partial charge in [-0.3, -0.25) is 9.67 Å². The maximum atomic E-state index is 13.9. The number of rotatable bonds is 5. The van der Waals surface area contributed by atoms with E-state index in [9.17, 15) is 4.39 Å². The third kappa shape index (κ3) is 2.99. The summed E-state index contributed by atoms with van der Waals surface area (Å²) >= 11 is 6.26. The molecule has 0 radical (unpaired) electrons. The van der Waals surface area contributed by atoms with Gasteiger partial charge < -0.3 is 5.32 Å². The maximum absolute atomic E-state index is 13.9. The van der Waals surface area contributed by atoms with E-state index in [1.165, 1.54) is 6.07 Å². The molecule has 1 atom stereocenters. The number of nitrogens with zero attached hydrogens (tertiary/aromatic N) is 3. The second kappa shape index (κ2) is 6.33. The van der Waals surface area contributed by atoms with Gasteiger partial charge in [0.1, 0.15) is 5.82 Å². The van der Waals surface area contributed by atoms with Crippen molar-refractivity contribution in [1.29, 1.82) is 0 Å². The van der Waals surface area contributed by atoms with Crippen LogP contribution in [0.2, 0.25) is 5.02 Å². The van der Waals surface area contributed by atoms with E-state index < -0.39 is 0 Å². The van der Waals surface area contributed by atoms with Gasteiger partial charge in [-0.15, -0.1) is 0 Å². The van der Waals surface area contributed by atoms with Crippen LogP contribution in [0, 0.1) is 12.7 Å². The first-order valence-corrected chi connectivity index (χ1v) is 6.94. The van der Waals surface area contributed by atoms with Crippen LogP contribution < -0.4 is 5.32 Å². The minimum absolute atomic E-state index is 0.228. The number of aryl methyl sites for hydroxylation is 2. The van der Waals surface area contributed by atoms with Crippen molar-refractivity contribution in [2.24, 2.45) is 7.05 Å². The predicted molar refractivity (Wildman–Crippen MR) is 77.3 cm³/mol. The summed E-state index contributed by atoms with van der Waals surface area (Å²) in [5.74, 6) is -0.312. The molecule has 0 aliphatic rings. The summed E-state index contributed by atoms with van der Waals surface area (Å²) in [7, 11) is 1.84. The Bertz CT molecular complexity index is 597. The molecule has 6 heteroatoms. The summed E-state index contributed by atoms with van der Waals surface area (Å²) in [6, 6.07) is 2.78. The SMILES string of the molecule is CCNC(Cc1c(Cl)c(C)nn1C)c1ncccc1F. The highest BCUT2D eigenvalue weighted by atomic mass is 35.5. The fraction of sp³-hybridized carbons (Fsp3) is 0.429. The van der Waals surface area contributed by atoms with Crippen LogP contribution in [0.25, 0.3) is 0 Å². The van der Waals surface area contributed by atoms with Gasteiger partial charge in [-0.1, -0.05) is 18.5 Å². The summed E-state index contributed by atoms with van der Waals surface area (Å²) in [5.41, 5.74) is 2.06. The van der Waals surface area contributed by atoms with E-state index in [0.29, 0.717) is 17.1 Å². The number of hydrogen-bond donors (Lipinski definition) is 1. The zero-order chi connectivity index (χ0) is 14.7. The molecule has 0 amide bonds. The molecule has 0 aliphatic carbocycles. The Kier molecular flexibility index (Phi) is 4.73. The Labute approximate surface area is 123 Å². The van der Waals surface area contributed by atoms with Gasteiger partial charge in [0, 0.05) is 19.7 Å². The number of halogens is 2. The quantitative estimate of drug-likeness (QED) is 0.922. The lowest BCUT2D eigenvalue weighted by molar-refractivity contribution is 0.483. The fourth-order valence-electron chi connectivity index (χ4n) is 2.26. The van der Waals surface area contributed by atoms with E-state index in [-0.39, 0.29) is 11.9 Å². The van der Waals surface area contributed by atoms with Gasteiger partial charge >= 0.3 is 0 Å². The number of likely N-dealkylation sites (N-methyl/N-ethyl adjacent to an activating group) is 1. The molecule has 0 saturated carbocycles. The Hall–Kier alpha value is -1.46. The van der Waals surface area contributed by atoms with Gasteiger partial charge in [-0.05, 0) is 25.6 Å². The van der Waals surface area contributed by atoms with Gasteiger partial charge in [-0.25, -0.2) is 4.39 Å². The second-order valence-electron chi connectivity index (χ2n) is 4.65. The van der Waals surface area contributed by atoms with Crippen molar-refractivity contribution in [1.82, 2.24) is 20.1 Å². The molecule has 0 saturated heterocycles. The topological polar surface area (TPSA) is 42.7 Å². The van der Waals surface area contributed by atoms with Crippen LogP contribution in [0.5, 0.6) is 0 Å². The first-order valence-electron chi connectivity index (χ1n) is 6.56. The van der Waals surface area contributed by atoms with Crippen molar-refractivity contribution >= 4 is 11.6 Å². The summed E-state index contributed by atoms with van der Waals surface area (Å²) in [4.78, 5) is 4.15. The van der Waals surface area contributed by atoms with Crippen molar-refractivity contribution in [3.8, 4) is 0 Å². The van der Waals surface area contributed by atoms with E-state index in [1.807, 2.05) is 20.9 Å². The van der Waals surface area contributed by atoms with Gasteiger partial charge in [0.2, 0.25) is 0 Å². The van der Waals surface area contributed by atoms with Crippen LogP contribution in [0.3, 0.4) is 0 Å². The first kappa shape index (κ1) is 14.9. The summed E-state index contributed by atoms with van der Waals surface area (Å²) in [6.45, 7) is 4.55. The predicted octanol–water partition coefficient (Wildman–Crippen LogP) is 2.81. The third-order valence-corrected chi connectivity index (χ3v) is 3.72. The average Bonchev–Trinajstić information content (AvgIpc) is 2.65. The van der Waals surface area contributed by atoms with E-state index in [1.54, 1.807) is 16.9 Å². The fourth-order valence-corrected chi connectivity index (χ4v) is 2.50. The number of hydrogen-bond acceptors (Lipinski definition) is 3. The Morgan fingerprint density at radius 1 is 1.50 bits per heavy atom. The van der Waals surface area contributed by atoms with Crippen LogP contribution >= 0.6 is 11.6 Å². The molecule has 0 aromatic carbocycles. The average molecular weight is 297 g/mol. The molecule has 20 heavy (non-hydrogen) atoms. The zero-order valence-corrected chi connectivity index (χ0v) is 12.6. The van der Waals surface area contributed by atoms with E-state index >= 15 is 0 Å². The van der Waals surface area contributed by atoms with Crippen molar-refractivity contribution in [3.05, 3.63) is 46.3 Å². The molecule has 1 unspecified atom stereocenters. The van der Waals surface area contributed by atoms with Crippen molar-refractivity contribution < 1.29 is 4.39 Å². The highest BCUT2D eigenvalue weighted by Gasteiger charge is 2.21. The Morgan fingerprint density at radius 2 is 2.25 bits per heavy atom. The lowest BCUT2D eigenvalue weighted by atomic mass is 10.1. The van der Waals surface area contributed by atoms with E-state index in [0.717, 1.165) is 17.9 Å². The van der Waals surface area contributed by atoms with Crippen LogP contribution in [-0.4, -0.2) is 21.3 Å². The summed E-state index contributed by atoms with van der Waals surface area (Å²) in [6.07, 6.45) is 2.14. The molecule has 4 nitrogen and oxygen atoms in total. The van der Waals surface area contributed by atoms with E-state index in [4.69, 9.17) is 11.6 Å². The Morgan fingerprint density at radius 3 is 2.80 bits per heavy atom. The molecule has 108 valence electrons. The smallest absolute Gasteiger partial charge is 0.146 e. The number of nitrogens with one attached hydrogen (secondary N) is 1. The van der Waals surface area contributed by atoms with Crippen LogP contribution in [-0.2, 0) is 13.5 Å². The standard InChI is InChI=1S/C14H18ClFN4/c1-4-17-11(14-10(16)6-5-7-18-14)8-12-13(15)9(2)19-20(12)3/h5-7,11,17H,4,8H2,1-3H3. The van der Waals surface area contributed by atoms with Crippen LogP contribution in [0.15, 0.2) is 18.3 Å². The summed E-state index contributed by atoms with van der Waals surface area (Å²) in [5, 5.41) is 8.16. The largest absolute Gasteiger partial charge is 0.308 e. The lowest BCUT2D eigenvalue weighted by Crippen LogP contribution is -2.26.